The topological polar surface area (TPSA) is 80.1 Å². The third-order valence-corrected chi connectivity index (χ3v) is 6.06. The summed E-state index contributed by atoms with van der Waals surface area (Å²) in [6.07, 6.45) is 2.86. The molecule has 1 N–H and O–H groups in total. The average Bonchev–Trinajstić information content (AvgIpc) is 3.15. The molecule has 32 heavy (non-hydrogen) atoms. The Balaban J connectivity index is 1.61. The first-order valence-electron chi connectivity index (χ1n) is 11.3. The molecule has 2 aromatic heterocycles. The van der Waals surface area contributed by atoms with Gasteiger partial charge in [-0.25, -0.2) is 9.67 Å². The molecule has 4 rings (SSSR count). The predicted molar refractivity (Wildman–Crippen MR) is 126 cm³/mol. The van der Waals surface area contributed by atoms with Crippen LogP contribution in [0.2, 0.25) is 0 Å². The van der Waals surface area contributed by atoms with E-state index in [4.69, 9.17) is 0 Å². The number of nitrogens with zero attached hydrogens (tertiary/aromatic N) is 4. The number of piperidine rings is 1. The zero-order valence-electron chi connectivity index (χ0n) is 19.4. The molecule has 1 saturated heterocycles. The molecular weight excluding hydrogens is 402 g/mol. The molecule has 1 aliphatic rings. The fourth-order valence-corrected chi connectivity index (χ4v) is 4.64. The molecular formula is C25H31N5O2. The van der Waals surface area contributed by atoms with Gasteiger partial charge in [0.2, 0.25) is 0 Å². The van der Waals surface area contributed by atoms with E-state index < -0.39 is 0 Å². The van der Waals surface area contributed by atoms with E-state index in [2.05, 4.69) is 29.2 Å². The van der Waals surface area contributed by atoms with Crippen LogP contribution in [0.4, 0.5) is 5.69 Å². The fourth-order valence-electron chi connectivity index (χ4n) is 4.64. The lowest BCUT2D eigenvalue weighted by Gasteiger charge is -2.35. The van der Waals surface area contributed by atoms with Gasteiger partial charge in [0.15, 0.2) is 5.65 Å². The van der Waals surface area contributed by atoms with Crippen molar-refractivity contribution in [1.82, 2.24) is 19.7 Å². The maximum absolute atomic E-state index is 13.3. The van der Waals surface area contributed by atoms with Crippen molar-refractivity contribution < 1.29 is 9.59 Å². The number of hydrogen-bond donors (Lipinski definition) is 1. The highest BCUT2D eigenvalue weighted by molar-refractivity contribution is 6.10. The van der Waals surface area contributed by atoms with Gasteiger partial charge >= 0.3 is 0 Å². The summed E-state index contributed by atoms with van der Waals surface area (Å²) in [6.45, 7) is 11.7. The van der Waals surface area contributed by atoms with Crippen LogP contribution < -0.4 is 5.32 Å². The summed E-state index contributed by atoms with van der Waals surface area (Å²) in [4.78, 5) is 33.0. The molecule has 0 saturated carbocycles. The molecule has 0 bridgehead atoms. The van der Waals surface area contributed by atoms with Crippen molar-refractivity contribution in [3.05, 3.63) is 53.3 Å². The summed E-state index contributed by atoms with van der Waals surface area (Å²) < 4.78 is 1.85. The second-order valence-corrected chi connectivity index (χ2v) is 9.37. The molecule has 7 nitrogen and oxygen atoms in total. The Morgan fingerprint density at radius 2 is 1.78 bits per heavy atom. The number of pyridine rings is 1. The quantitative estimate of drug-likeness (QED) is 0.647. The smallest absolute Gasteiger partial charge is 0.257 e. The third-order valence-electron chi connectivity index (χ3n) is 6.06. The first-order chi connectivity index (χ1) is 15.2. The molecule has 3 aromatic rings. The highest BCUT2D eigenvalue weighted by Gasteiger charge is 2.28. The molecule has 168 valence electrons. The van der Waals surface area contributed by atoms with E-state index in [0.717, 1.165) is 30.5 Å². The second kappa shape index (κ2) is 8.73. The lowest BCUT2D eigenvalue weighted by molar-refractivity contribution is 0.0624. The van der Waals surface area contributed by atoms with Crippen LogP contribution in [0.25, 0.3) is 11.0 Å². The number of likely N-dealkylation sites (tertiary alicyclic amines) is 1. The Labute approximate surface area is 188 Å². The first-order valence-corrected chi connectivity index (χ1v) is 11.3. The lowest BCUT2D eigenvalue weighted by Crippen LogP contribution is -2.42. The molecule has 2 amide bonds. The highest BCUT2D eigenvalue weighted by Crippen LogP contribution is 2.26. The van der Waals surface area contributed by atoms with Crippen LogP contribution >= 0.6 is 0 Å². The van der Waals surface area contributed by atoms with E-state index in [1.807, 2.05) is 48.6 Å². The van der Waals surface area contributed by atoms with Gasteiger partial charge in [0.05, 0.1) is 28.7 Å². The number of rotatable bonds is 4. The Morgan fingerprint density at radius 3 is 2.47 bits per heavy atom. The fraction of sp³-hybridized carbons (Fsp3) is 0.440. The molecule has 1 aliphatic heterocycles. The molecule has 1 aromatic carbocycles. The van der Waals surface area contributed by atoms with Gasteiger partial charge in [0, 0.05) is 24.5 Å². The summed E-state index contributed by atoms with van der Waals surface area (Å²) in [5, 5.41) is 8.16. The summed E-state index contributed by atoms with van der Waals surface area (Å²) in [5.74, 6) is 0.617. The van der Waals surface area contributed by atoms with E-state index in [-0.39, 0.29) is 17.9 Å². The largest absolute Gasteiger partial charge is 0.338 e. The van der Waals surface area contributed by atoms with Crippen molar-refractivity contribution in [1.29, 1.82) is 0 Å². The SMILES string of the molecule is Cc1nc2c(cnn2C(C)C)cc1C(=O)Nc1ccccc1C(=O)N1CC(C)CC(C)C1. The number of hydrogen-bond acceptors (Lipinski definition) is 4. The van der Waals surface area contributed by atoms with E-state index >= 15 is 0 Å². The van der Waals surface area contributed by atoms with Gasteiger partial charge in [0.1, 0.15) is 0 Å². The van der Waals surface area contributed by atoms with Crippen LogP contribution in [0.3, 0.4) is 0 Å². The van der Waals surface area contributed by atoms with Gasteiger partial charge in [0.25, 0.3) is 11.8 Å². The number of nitrogens with one attached hydrogen (secondary N) is 1. The van der Waals surface area contributed by atoms with Crippen LogP contribution in [-0.4, -0.2) is 44.6 Å². The van der Waals surface area contributed by atoms with Crippen molar-refractivity contribution in [2.45, 2.75) is 47.1 Å². The minimum Gasteiger partial charge on any atom is -0.338 e. The zero-order valence-corrected chi connectivity index (χ0v) is 19.4. The number of anilines is 1. The van der Waals surface area contributed by atoms with Crippen molar-refractivity contribution in [3.63, 3.8) is 0 Å². The number of carbonyl (C=O) groups excluding carboxylic acids is 2. The number of aromatic nitrogens is 3. The molecule has 3 heterocycles. The number of para-hydroxylation sites is 1. The molecule has 1 fully saturated rings. The molecule has 0 aliphatic carbocycles. The number of aryl methyl sites for hydroxylation is 1. The van der Waals surface area contributed by atoms with Crippen molar-refractivity contribution >= 4 is 28.5 Å². The summed E-state index contributed by atoms with van der Waals surface area (Å²) in [6, 6.07) is 9.21. The Hall–Kier alpha value is -3.22. The number of amides is 2. The number of fused-ring (bicyclic) bond motifs is 1. The van der Waals surface area contributed by atoms with E-state index in [9.17, 15) is 9.59 Å². The van der Waals surface area contributed by atoms with Crippen molar-refractivity contribution in [3.8, 4) is 0 Å². The predicted octanol–water partition coefficient (Wildman–Crippen LogP) is 4.69. The zero-order chi connectivity index (χ0) is 23.0. The van der Waals surface area contributed by atoms with Crippen molar-refractivity contribution in [2.24, 2.45) is 11.8 Å². The molecule has 7 heteroatoms. The molecule has 2 unspecified atom stereocenters. The van der Waals surface area contributed by atoms with E-state index in [1.54, 1.807) is 18.3 Å². The van der Waals surface area contributed by atoms with Crippen LogP contribution in [0.15, 0.2) is 36.5 Å². The Bertz CT molecular complexity index is 1160. The maximum Gasteiger partial charge on any atom is 0.257 e. The Kier molecular flexibility index (Phi) is 6.00. The van der Waals surface area contributed by atoms with Gasteiger partial charge in [-0.05, 0) is 57.2 Å². The van der Waals surface area contributed by atoms with E-state index in [1.165, 1.54) is 0 Å². The third kappa shape index (κ3) is 4.24. The van der Waals surface area contributed by atoms with Crippen molar-refractivity contribution in [2.75, 3.05) is 18.4 Å². The lowest BCUT2D eigenvalue weighted by atomic mass is 9.91. The standard InChI is InChI=1S/C25H31N5O2/c1-15(2)30-23-19(12-26-30)11-21(18(5)27-23)24(31)28-22-9-7-6-8-20(22)25(32)29-13-16(3)10-17(4)14-29/h6-9,11-12,15-17H,10,13-14H2,1-5H3,(H,28,31). The van der Waals surface area contributed by atoms with Gasteiger partial charge < -0.3 is 10.2 Å². The van der Waals surface area contributed by atoms with Crippen LogP contribution in [0.1, 0.15) is 66.6 Å². The number of benzene rings is 1. The average molecular weight is 434 g/mol. The van der Waals surface area contributed by atoms with Gasteiger partial charge in [-0.2, -0.15) is 5.10 Å². The van der Waals surface area contributed by atoms with Crippen LogP contribution in [0.5, 0.6) is 0 Å². The maximum atomic E-state index is 13.3. The summed E-state index contributed by atoms with van der Waals surface area (Å²) >= 11 is 0. The molecule has 2 atom stereocenters. The molecule has 0 spiro atoms. The minimum atomic E-state index is -0.283. The second-order valence-electron chi connectivity index (χ2n) is 9.37. The highest BCUT2D eigenvalue weighted by atomic mass is 16.2. The minimum absolute atomic E-state index is 0.0391. The van der Waals surface area contributed by atoms with Gasteiger partial charge in [-0.1, -0.05) is 26.0 Å². The van der Waals surface area contributed by atoms with Gasteiger partial charge in [-0.3, -0.25) is 9.59 Å². The van der Waals surface area contributed by atoms with Crippen LogP contribution in [-0.2, 0) is 0 Å². The number of carbonyl (C=O) groups is 2. The van der Waals surface area contributed by atoms with E-state index in [0.29, 0.717) is 34.3 Å². The normalized spacial score (nSPS) is 18.9. The first kappa shape index (κ1) is 22.0. The summed E-state index contributed by atoms with van der Waals surface area (Å²) in [5.41, 5.74) is 2.90. The van der Waals surface area contributed by atoms with Crippen LogP contribution in [0, 0.1) is 18.8 Å². The van der Waals surface area contributed by atoms with Gasteiger partial charge in [-0.15, -0.1) is 0 Å². The Morgan fingerprint density at radius 1 is 1.09 bits per heavy atom. The molecule has 0 radical (unpaired) electrons. The summed E-state index contributed by atoms with van der Waals surface area (Å²) in [7, 11) is 0. The monoisotopic (exact) mass is 433 g/mol.